The first-order valence-electron chi connectivity index (χ1n) is 3.05. The normalized spacial score (nSPS) is 9.27. The highest BCUT2D eigenvalue weighted by Crippen LogP contribution is 2.14. The minimum atomic E-state index is 0.598. The van der Waals surface area contributed by atoms with Gasteiger partial charge in [-0.1, -0.05) is 0 Å². The van der Waals surface area contributed by atoms with Crippen molar-refractivity contribution in [3.8, 4) is 5.75 Å². The Kier molecular flexibility index (Phi) is 2.71. The van der Waals surface area contributed by atoms with Gasteiger partial charge in [0.1, 0.15) is 5.75 Å². The van der Waals surface area contributed by atoms with Gasteiger partial charge in [-0.15, -0.1) is 0 Å². The van der Waals surface area contributed by atoms with Gasteiger partial charge in [-0.05, 0) is 24.3 Å². The molecule has 0 fully saturated rings. The van der Waals surface area contributed by atoms with Gasteiger partial charge in [0, 0.05) is 0 Å². The molecule has 0 amide bonds. The number of benzene rings is 1. The molecule has 0 saturated carbocycles. The number of hydrogen-bond acceptors (Lipinski definition) is 4. The van der Waals surface area contributed by atoms with E-state index >= 15 is 0 Å². The second-order valence-electron chi connectivity index (χ2n) is 1.91. The van der Waals surface area contributed by atoms with E-state index in [1.54, 1.807) is 31.4 Å². The molecule has 0 saturated heterocycles. The van der Waals surface area contributed by atoms with E-state index in [1.165, 1.54) is 0 Å². The van der Waals surface area contributed by atoms with Gasteiger partial charge >= 0.3 is 0 Å². The lowest BCUT2D eigenvalue weighted by atomic mass is 10.3. The molecule has 0 aliphatic rings. The summed E-state index contributed by atoms with van der Waals surface area (Å²) in [6, 6.07) is 6.80. The van der Waals surface area contributed by atoms with Crippen LogP contribution in [0.25, 0.3) is 0 Å². The van der Waals surface area contributed by atoms with Crippen LogP contribution in [0, 0.1) is 0 Å². The molecule has 11 heavy (non-hydrogen) atoms. The van der Waals surface area contributed by atoms with Crippen molar-refractivity contribution in [1.82, 2.24) is 0 Å². The van der Waals surface area contributed by atoms with E-state index in [-0.39, 0.29) is 0 Å². The molecule has 0 aliphatic carbocycles. The van der Waals surface area contributed by atoms with Crippen LogP contribution in [0.5, 0.6) is 5.75 Å². The van der Waals surface area contributed by atoms with Crippen molar-refractivity contribution in [2.24, 2.45) is 0 Å². The molecule has 1 aromatic carbocycles. The number of nitrogens with one attached hydrogen (secondary N) is 1. The number of ether oxygens (including phenoxy) is 1. The molecule has 1 rings (SSSR count). The lowest BCUT2D eigenvalue weighted by Crippen LogP contribution is -2.11. The predicted octanol–water partition coefficient (Wildman–Crippen LogP) is 0.314. The van der Waals surface area contributed by atoms with Gasteiger partial charge in [-0.2, -0.15) is 0 Å². The Labute approximate surface area is 64.3 Å². The Hall–Kier alpha value is -1.26. The molecule has 1 aromatic rings. The van der Waals surface area contributed by atoms with Crippen LogP contribution in [0.4, 0.5) is 5.69 Å². The van der Waals surface area contributed by atoms with Crippen molar-refractivity contribution in [3.05, 3.63) is 24.3 Å². The highest BCUT2D eigenvalue weighted by Gasteiger charge is 1.89. The van der Waals surface area contributed by atoms with Gasteiger partial charge in [0.2, 0.25) is 0 Å². The monoisotopic (exact) mass is 154 g/mol. The fourth-order valence-electron chi connectivity index (χ4n) is 0.707. The van der Waals surface area contributed by atoms with Crippen molar-refractivity contribution >= 4 is 5.69 Å². The molecular formula is C7H8NO3-. The van der Waals surface area contributed by atoms with Crippen LogP contribution in [0.3, 0.4) is 0 Å². The second-order valence-corrected chi connectivity index (χ2v) is 1.91. The van der Waals surface area contributed by atoms with Crippen LogP contribution in [-0.2, 0) is 4.99 Å². The summed E-state index contributed by atoms with van der Waals surface area (Å²) in [6.07, 6.45) is 0. The van der Waals surface area contributed by atoms with E-state index in [0.717, 1.165) is 5.75 Å². The lowest BCUT2D eigenvalue weighted by Gasteiger charge is -2.08. The summed E-state index contributed by atoms with van der Waals surface area (Å²) < 4.78 is 4.90. The molecule has 1 N–H and O–H groups in total. The summed E-state index contributed by atoms with van der Waals surface area (Å²) in [5, 5.41) is 9.61. The Bertz CT molecular complexity index is 209. The van der Waals surface area contributed by atoms with Crippen molar-refractivity contribution in [3.63, 3.8) is 0 Å². The first kappa shape index (κ1) is 7.84. The summed E-state index contributed by atoms with van der Waals surface area (Å²) in [5.41, 5.74) is 2.75. The Balaban J connectivity index is 2.66. The molecule has 4 heteroatoms. The zero-order chi connectivity index (χ0) is 8.10. The van der Waals surface area contributed by atoms with Crippen molar-refractivity contribution < 1.29 is 15.0 Å². The minimum Gasteiger partial charge on any atom is -0.698 e. The van der Waals surface area contributed by atoms with Crippen molar-refractivity contribution in [1.29, 1.82) is 0 Å². The van der Waals surface area contributed by atoms with Gasteiger partial charge in [0.25, 0.3) is 0 Å². The first-order valence-corrected chi connectivity index (χ1v) is 3.05. The quantitative estimate of drug-likeness (QED) is 0.503. The Morgan fingerprint density at radius 2 is 1.91 bits per heavy atom. The summed E-state index contributed by atoms with van der Waals surface area (Å²) >= 11 is 0. The van der Waals surface area contributed by atoms with Gasteiger partial charge < -0.3 is 15.0 Å². The van der Waals surface area contributed by atoms with Gasteiger partial charge in [0.05, 0.1) is 12.8 Å². The summed E-state index contributed by atoms with van der Waals surface area (Å²) in [6.45, 7) is 0. The Morgan fingerprint density at radius 1 is 1.27 bits per heavy atom. The molecule has 0 atom stereocenters. The molecule has 4 nitrogen and oxygen atoms in total. The molecule has 60 valence electrons. The lowest BCUT2D eigenvalue weighted by molar-refractivity contribution is -0.678. The molecule has 0 heterocycles. The van der Waals surface area contributed by atoms with Gasteiger partial charge in [0.15, 0.2) is 0 Å². The zero-order valence-corrected chi connectivity index (χ0v) is 6.03. The molecule has 0 spiro atoms. The molecule has 0 aliphatic heterocycles. The third-order valence-electron chi connectivity index (χ3n) is 1.25. The average molecular weight is 154 g/mol. The summed E-state index contributed by atoms with van der Waals surface area (Å²) in [5.74, 6) is 0.737. The third kappa shape index (κ3) is 2.10. The van der Waals surface area contributed by atoms with E-state index < -0.39 is 0 Å². The second kappa shape index (κ2) is 3.80. The first-order chi connectivity index (χ1) is 5.36. The maximum atomic E-state index is 9.61. The number of rotatable bonds is 3. The van der Waals surface area contributed by atoms with Crippen LogP contribution in [-0.4, -0.2) is 7.11 Å². The number of hydrogen-bond donors (Lipinski definition) is 1. The summed E-state index contributed by atoms with van der Waals surface area (Å²) in [4.78, 5) is 3.46. The van der Waals surface area contributed by atoms with Crippen LogP contribution in [0.2, 0.25) is 0 Å². The van der Waals surface area contributed by atoms with Crippen LogP contribution in [0.15, 0.2) is 24.3 Å². The highest BCUT2D eigenvalue weighted by molar-refractivity contribution is 5.44. The largest absolute Gasteiger partial charge is 0.698 e. The minimum absolute atomic E-state index is 0.598. The third-order valence-corrected chi connectivity index (χ3v) is 1.25. The maximum absolute atomic E-state index is 9.61. The van der Waals surface area contributed by atoms with Crippen molar-refractivity contribution in [2.75, 3.05) is 12.6 Å². The number of anilines is 1. The van der Waals surface area contributed by atoms with Crippen LogP contribution in [0.1, 0.15) is 0 Å². The van der Waals surface area contributed by atoms with E-state index in [4.69, 9.17) is 4.74 Å². The molecule has 0 aromatic heterocycles. The zero-order valence-electron chi connectivity index (χ0n) is 6.03. The van der Waals surface area contributed by atoms with E-state index in [1.807, 2.05) is 0 Å². The smallest absolute Gasteiger partial charge is 0.119 e. The van der Waals surface area contributed by atoms with E-state index in [2.05, 4.69) is 10.5 Å². The van der Waals surface area contributed by atoms with E-state index in [0.29, 0.717) is 5.69 Å². The SMILES string of the molecule is COc1ccc(NO[O-])cc1. The molecule has 0 unspecified atom stereocenters. The topological polar surface area (TPSA) is 53.5 Å². The molecule has 0 bridgehead atoms. The van der Waals surface area contributed by atoms with Gasteiger partial charge in [-0.25, -0.2) is 0 Å². The fraction of sp³-hybridized carbons (Fsp3) is 0.143. The standard InChI is InChI=1S/C7H9NO3/c1-10-7-4-2-6(3-5-7)8-11-9/h2-5,8-9H,1H3/p-1. The highest BCUT2D eigenvalue weighted by atomic mass is 17.2. The van der Waals surface area contributed by atoms with Gasteiger partial charge in [-0.3, -0.25) is 5.48 Å². The Morgan fingerprint density at radius 3 is 2.36 bits per heavy atom. The average Bonchev–Trinajstić information content (AvgIpc) is 2.07. The van der Waals surface area contributed by atoms with Crippen molar-refractivity contribution in [2.45, 2.75) is 0 Å². The maximum Gasteiger partial charge on any atom is 0.119 e. The summed E-state index contributed by atoms with van der Waals surface area (Å²) in [7, 11) is 1.58. The number of methoxy groups -OCH3 is 1. The molecular weight excluding hydrogens is 146 g/mol. The fourth-order valence-corrected chi connectivity index (χ4v) is 0.707. The van der Waals surface area contributed by atoms with Crippen LogP contribution < -0.4 is 15.5 Å². The van der Waals surface area contributed by atoms with Crippen LogP contribution >= 0.6 is 0 Å². The van der Waals surface area contributed by atoms with E-state index in [9.17, 15) is 5.26 Å². The predicted molar refractivity (Wildman–Crippen MR) is 37.7 cm³/mol. The molecule has 0 radical (unpaired) electrons.